The number of aromatic nitrogens is 2. The minimum Gasteiger partial charge on any atom is -0.423 e. The maximum Gasteiger partial charge on any atom is 0.262 e. The second-order valence-electron chi connectivity index (χ2n) is 2.38. The van der Waals surface area contributed by atoms with Gasteiger partial charge in [0.05, 0.1) is 0 Å². The van der Waals surface area contributed by atoms with Crippen LogP contribution in [0.2, 0.25) is 0 Å². The zero-order valence-corrected chi connectivity index (χ0v) is 7.23. The summed E-state index contributed by atoms with van der Waals surface area (Å²) in [6.07, 6.45) is 0. The highest BCUT2D eigenvalue weighted by atomic mass is 16.5. The van der Waals surface area contributed by atoms with Crippen LogP contribution in [-0.4, -0.2) is 21.5 Å². The molecule has 0 amide bonds. The summed E-state index contributed by atoms with van der Waals surface area (Å²) in [7, 11) is 0. The van der Waals surface area contributed by atoms with Gasteiger partial charge < -0.3 is 22.4 Å². The van der Waals surface area contributed by atoms with Crippen LogP contribution in [0.4, 0.5) is 17.3 Å². The third kappa shape index (κ3) is 1.48. The summed E-state index contributed by atoms with van der Waals surface area (Å²) in [5.74, 6) is 0.00898. The molecule has 0 atom stereocenters. The molecule has 1 aromatic heterocycles. The van der Waals surface area contributed by atoms with Gasteiger partial charge in [-0.05, 0) is 6.92 Å². The highest BCUT2D eigenvalue weighted by Crippen LogP contribution is 2.15. The monoisotopic (exact) mass is 184 g/mol. The van der Waals surface area contributed by atoms with Crippen molar-refractivity contribution in [1.82, 2.24) is 9.71 Å². The van der Waals surface area contributed by atoms with Gasteiger partial charge in [0.2, 0.25) is 0 Å². The summed E-state index contributed by atoms with van der Waals surface area (Å²) in [6, 6.07) is 0. The number of rotatable bonds is 1. The quantitative estimate of drug-likeness (QED) is 0.407. The van der Waals surface area contributed by atoms with E-state index in [0.717, 1.165) is 0 Å². The number of hydrogen-bond acceptors (Lipinski definition) is 6. The molecular weight excluding hydrogens is 172 g/mol. The normalized spacial score (nSPS) is 11.9. The lowest BCUT2D eigenvalue weighted by Gasteiger charge is -2.06. The van der Waals surface area contributed by atoms with Crippen LogP contribution >= 0.6 is 0 Å². The van der Waals surface area contributed by atoms with Crippen LogP contribution in [0, 0.1) is 0 Å². The fourth-order valence-electron chi connectivity index (χ4n) is 0.812. The summed E-state index contributed by atoms with van der Waals surface area (Å²) < 4.78 is 0.606. The zero-order valence-electron chi connectivity index (χ0n) is 7.23. The Bertz CT molecular complexity index is 381. The fourth-order valence-corrected chi connectivity index (χ4v) is 0.812. The first kappa shape index (κ1) is 9.17. The molecule has 0 fully saturated rings. The average Bonchev–Trinajstić information content (AvgIpc) is 2.11. The molecule has 7 N–H and O–H groups in total. The maximum absolute atomic E-state index is 9.33. The van der Waals surface area contributed by atoms with Crippen molar-refractivity contribution in [3.05, 3.63) is 5.62 Å². The molecule has 0 radical (unpaired) electrons. The van der Waals surface area contributed by atoms with E-state index in [1.165, 1.54) is 0 Å². The van der Waals surface area contributed by atoms with E-state index in [2.05, 4.69) is 9.98 Å². The van der Waals surface area contributed by atoms with Crippen molar-refractivity contribution in [2.45, 2.75) is 6.92 Å². The minimum absolute atomic E-state index is 0.0479. The Morgan fingerprint density at radius 2 is 2.08 bits per heavy atom. The standard InChI is InChI=1S/C6H12N6O/c1-2-10-6-11-4(8)3(7)5(9)12(6)13/h13H,2,7,9H2,1H3,(H2,8,10,11). The first-order chi connectivity index (χ1) is 6.07. The van der Waals surface area contributed by atoms with Gasteiger partial charge in [0, 0.05) is 6.54 Å². The number of anilines is 3. The Labute approximate surface area is 74.5 Å². The molecule has 1 aromatic rings. The first-order valence-electron chi connectivity index (χ1n) is 3.71. The lowest BCUT2D eigenvalue weighted by molar-refractivity contribution is 0.173. The van der Waals surface area contributed by atoms with Crippen LogP contribution in [-0.2, 0) is 0 Å². The van der Waals surface area contributed by atoms with E-state index in [1.807, 2.05) is 0 Å². The summed E-state index contributed by atoms with van der Waals surface area (Å²) in [5.41, 5.74) is 16.4. The average molecular weight is 184 g/mol. The Balaban J connectivity index is 3.50. The van der Waals surface area contributed by atoms with Gasteiger partial charge >= 0.3 is 0 Å². The van der Waals surface area contributed by atoms with E-state index in [0.29, 0.717) is 11.3 Å². The van der Waals surface area contributed by atoms with Gasteiger partial charge in [0.25, 0.3) is 5.62 Å². The van der Waals surface area contributed by atoms with E-state index in [1.54, 1.807) is 6.92 Å². The number of nitrogen functional groups attached to an aromatic ring is 3. The van der Waals surface area contributed by atoms with Crippen molar-refractivity contribution < 1.29 is 5.21 Å². The molecule has 0 unspecified atom stereocenters. The molecule has 7 heteroatoms. The summed E-state index contributed by atoms with van der Waals surface area (Å²) in [5, 5.41) is 9.33. The molecule has 0 saturated carbocycles. The third-order valence-corrected chi connectivity index (χ3v) is 1.49. The Morgan fingerprint density at radius 1 is 1.46 bits per heavy atom. The van der Waals surface area contributed by atoms with E-state index >= 15 is 0 Å². The summed E-state index contributed by atoms with van der Waals surface area (Å²) in [6.45, 7) is 2.26. The van der Waals surface area contributed by atoms with Crippen LogP contribution in [0.1, 0.15) is 6.92 Å². The number of nitrogens with zero attached hydrogens (tertiary/aromatic N) is 3. The van der Waals surface area contributed by atoms with E-state index < -0.39 is 0 Å². The van der Waals surface area contributed by atoms with Crippen molar-refractivity contribution in [1.29, 1.82) is 0 Å². The van der Waals surface area contributed by atoms with Gasteiger partial charge in [-0.25, -0.2) is 4.99 Å². The maximum atomic E-state index is 9.33. The number of hydrogen-bond donors (Lipinski definition) is 4. The lowest BCUT2D eigenvalue weighted by atomic mass is 10.4. The van der Waals surface area contributed by atoms with Crippen molar-refractivity contribution in [3.8, 4) is 0 Å². The van der Waals surface area contributed by atoms with Crippen LogP contribution in [0.25, 0.3) is 0 Å². The van der Waals surface area contributed by atoms with Crippen LogP contribution < -0.4 is 22.8 Å². The highest BCUT2D eigenvalue weighted by molar-refractivity contribution is 5.70. The predicted octanol–water partition coefficient (Wildman–Crippen LogP) is -1.21. The molecule has 0 aromatic carbocycles. The predicted molar refractivity (Wildman–Crippen MR) is 48.8 cm³/mol. The fraction of sp³-hybridized carbons (Fsp3) is 0.333. The molecule has 0 aliphatic carbocycles. The van der Waals surface area contributed by atoms with Crippen LogP contribution in [0.3, 0.4) is 0 Å². The van der Waals surface area contributed by atoms with Gasteiger partial charge in [-0.1, -0.05) is 0 Å². The van der Waals surface area contributed by atoms with Gasteiger partial charge in [0.15, 0.2) is 11.6 Å². The van der Waals surface area contributed by atoms with Gasteiger partial charge in [-0.15, -0.1) is 4.73 Å². The topological polar surface area (TPSA) is 128 Å². The molecule has 0 saturated heterocycles. The minimum atomic E-state index is -0.0558. The molecule has 0 aliphatic rings. The Kier molecular flexibility index (Phi) is 2.27. The van der Waals surface area contributed by atoms with Crippen molar-refractivity contribution >= 4 is 17.3 Å². The SMILES string of the molecule is CCN=c1nc(N)c(N)c(N)n1O. The molecule has 1 rings (SSSR count). The largest absolute Gasteiger partial charge is 0.423 e. The van der Waals surface area contributed by atoms with Crippen molar-refractivity contribution in [3.63, 3.8) is 0 Å². The summed E-state index contributed by atoms with van der Waals surface area (Å²) in [4.78, 5) is 7.60. The molecule has 7 nitrogen and oxygen atoms in total. The first-order valence-corrected chi connectivity index (χ1v) is 3.71. The lowest BCUT2D eigenvalue weighted by Crippen LogP contribution is -2.28. The number of nitrogens with two attached hydrogens (primary N) is 3. The Hall–Kier alpha value is -1.92. The van der Waals surface area contributed by atoms with Gasteiger partial charge in [-0.3, -0.25) is 0 Å². The smallest absolute Gasteiger partial charge is 0.262 e. The van der Waals surface area contributed by atoms with Gasteiger partial charge in [-0.2, -0.15) is 4.98 Å². The highest BCUT2D eigenvalue weighted by Gasteiger charge is 2.06. The van der Waals surface area contributed by atoms with Crippen molar-refractivity contribution in [2.75, 3.05) is 23.7 Å². The second kappa shape index (κ2) is 3.21. The molecule has 0 bridgehead atoms. The molecular formula is C6H12N6O. The molecule has 72 valence electrons. The van der Waals surface area contributed by atoms with Crippen LogP contribution in [0.15, 0.2) is 4.99 Å². The van der Waals surface area contributed by atoms with E-state index in [4.69, 9.17) is 17.2 Å². The summed E-state index contributed by atoms with van der Waals surface area (Å²) >= 11 is 0. The van der Waals surface area contributed by atoms with Gasteiger partial charge in [0.1, 0.15) is 5.69 Å². The van der Waals surface area contributed by atoms with Crippen molar-refractivity contribution in [2.24, 2.45) is 4.99 Å². The Morgan fingerprint density at radius 3 is 2.62 bits per heavy atom. The molecule has 13 heavy (non-hydrogen) atoms. The second-order valence-corrected chi connectivity index (χ2v) is 2.38. The third-order valence-electron chi connectivity index (χ3n) is 1.49. The molecule has 1 heterocycles. The molecule has 0 spiro atoms. The van der Waals surface area contributed by atoms with E-state index in [-0.39, 0.29) is 22.9 Å². The zero-order chi connectivity index (χ0) is 10.0. The van der Waals surface area contributed by atoms with Crippen LogP contribution in [0.5, 0.6) is 0 Å². The molecule has 0 aliphatic heterocycles. The van der Waals surface area contributed by atoms with E-state index in [9.17, 15) is 5.21 Å².